The monoisotopic (exact) mass is 431 g/mol. The first-order valence-electron chi connectivity index (χ1n) is 10.2. The summed E-state index contributed by atoms with van der Waals surface area (Å²) in [7, 11) is 3.26. The number of hydrogen-bond acceptors (Lipinski definition) is 5. The van der Waals surface area contributed by atoms with Crippen LogP contribution in [-0.2, 0) is 6.54 Å². The van der Waals surface area contributed by atoms with Crippen molar-refractivity contribution >= 4 is 11.6 Å². The van der Waals surface area contributed by atoms with E-state index in [1.165, 1.54) is 0 Å². The fourth-order valence-electron chi connectivity index (χ4n) is 3.52. The van der Waals surface area contributed by atoms with Crippen molar-refractivity contribution in [1.29, 1.82) is 0 Å². The van der Waals surface area contributed by atoms with E-state index in [9.17, 15) is 4.79 Å². The molecule has 164 valence electrons. The summed E-state index contributed by atoms with van der Waals surface area (Å²) in [6, 6.07) is 17.1. The molecule has 0 bridgehead atoms. The second kappa shape index (κ2) is 8.97. The molecule has 8 heteroatoms. The minimum atomic E-state index is -0.279. The van der Waals surface area contributed by atoms with Gasteiger partial charge in [0.1, 0.15) is 17.2 Å². The topological polar surface area (TPSA) is 94.1 Å². The molecule has 4 rings (SSSR count). The molecule has 32 heavy (non-hydrogen) atoms. The third-order valence-electron chi connectivity index (χ3n) is 5.27. The van der Waals surface area contributed by atoms with Crippen LogP contribution < -0.4 is 14.8 Å². The molecule has 2 aromatic carbocycles. The van der Waals surface area contributed by atoms with E-state index in [-0.39, 0.29) is 5.91 Å². The van der Waals surface area contributed by atoms with Crippen LogP contribution >= 0.6 is 0 Å². The van der Waals surface area contributed by atoms with E-state index < -0.39 is 0 Å². The lowest BCUT2D eigenvalue weighted by molar-refractivity contribution is 0.102. The number of H-pyrrole nitrogens is 1. The summed E-state index contributed by atoms with van der Waals surface area (Å²) in [5.41, 5.74) is 5.24. The lowest BCUT2D eigenvalue weighted by Crippen LogP contribution is -2.14. The molecule has 2 aromatic heterocycles. The van der Waals surface area contributed by atoms with Gasteiger partial charge in [-0.05, 0) is 49.7 Å². The zero-order valence-electron chi connectivity index (χ0n) is 18.5. The van der Waals surface area contributed by atoms with Crippen molar-refractivity contribution in [3.63, 3.8) is 0 Å². The zero-order valence-corrected chi connectivity index (χ0v) is 18.5. The summed E-state index contributed by atoms with van der Waals surface area (Å²) in [6.07, 6.45) is 0. The van der Waals surface area contributed by atoms with Crippen molar-refractivity contribution in [1.82, 2.24) is 20.0 Å². The first-order valence-corrected chi connectivity index (χ1v) is 10.2. The van der Waals surface area contributed by atoms with Gasteiger partial charge in [0, 0.05) is 5.56 Å². The molecule has 0 fully saturated rings. The molecule has 2 heterocycles. The van der Waals surface area contributed by atoms with E-state index in [0.29, 0.717) is 23.6 Å². The van der Waals surface area contributed by atoms with Crippen LogP contribution in [0.4, 0.5) is 5.69 Å². The SMILES string of the molecule is COc1cccc(Cn2nc(C)c(NC(=O)c3cc(-c4cccc(OC)c4)n[nH]3)c2C)c1. The number of benzene rings is 2. The maximum Gasteiger partial charge on any atom is 0.273 e. The van der Waals surface area contributed by atoms with Crippen LogP contribution in [0.3, 0.4) is 0 Å². The molecule has 0 aliphatic heterocycles. The second-order valence-corrected chi connectivity index (χ2v) is 7.41. The standard InChI is InChI=1S/C24H25N5O3/c1-15-23(16(2)29(28-15)14-17-7-5-9-19(11-17)31-3)25-24(30)22-13-21(26-27-22)18-8-6-10-20(12-18)32-4/h5-13H,14H2,1-4H3,(H,25,30)(H,26,27). The summed E-state index contributed by atoms with van der Waals surface area (Å²) in [5, 5.41) is 14.7. The minimum absolute atomic E-state index is 0.279. The van der Waals surface area contributed by atoms with Gasteiger partial charge in [-0.2, -0.15) is 10.2 Å². The number of aryl methyl sites for hydroxylation is 1. The first kappa shape index (κ1) is 21.2. The Hall–Kier alpha value is -4.07. The molecular weight excluding hydrogens is 406 g/mol. The fraction of sp³-hybridized carbons (Fsp3) is 0.208. The van der Waals surface area contributed by atoms with Gasteiger partial charge in [0.15, 0.2) is 0 Å². The summed E-state index contributed by atoms with van der Waals surface area (Å²) in [4.78, 5) is 12.9. The van der Waals surface area contributed by atoms with Gasteiger partial charge in [0.05, 0.1) is 43.5 Å². The highest BCUT2D eigenvalue weighted by atomic mass is 16.5. The van der Waals surface area contributed by atoms with Crippen LogP contribution in [0.2, 0.25) is 0 Å². The molecule has 0 saturated heterocycles. The van der Waals surface area contributed by atoms with Gasteiger partial charge in [-0.15, -0.1) is 0 Å². The summed E-state index contributed by atoms with van der Waals surface area (Å²) < 4.78 is 12.4. The van der Waals surface area contributed by atoms with Gasteiger partial charge < -0.3 is 14.8 Å². The summed E-state index contributed by atoms with van der Waals surface area (Å²) in [5.74, 6) is 1.24. The number of aromatic amines is 1. The number of amides is 1. The summed E-state index contributed by atoms with van der Waals surface area (Å²) in [6.45, 7) is 4.38. The Bertz CT molecular complexity index is 1260. The van der Waals surface area contributed by atoms with Crippen LogP contribution in [0, 0.1) is 13.8 Å². The van der Waals surface area contributed by atoms with Gasteiger partial charge >= 0.3 is 0 Å². The number of aromatic nitrogens is 4. The minimum Gasteiger partial charge on any atom is -0.497 e. The molecule has 4 aromatic rings. The molecule has 8 nitrogen and oxygen atoms in total. The van der Waals surface area contributed by atoms with Crippen LogP contribution in [-0.4, -0.2) is 40.1 Å². The number of nitrogens with one attached hydrogen (secondary N) is 2. The molecule has 0 unspecified atom stereocenters. The van der Waals surface area contributed by atoms with E-state index in [1.807, 2.05) is 67.1 Å². The quantitative estimate of drug-likeness (QED) is 0.457. The van der Waals surface area contributed by atoms with Gasteiger partial charge in [-0.1, -0.05) is 24.3 Å². The Kier molecular flexibility index (Phi) is 5.93. The second-order valence-electron chi connectivity index (χ2n) is 7.41. The average molecular weight is 431 g/mol. The first-order chi connectivity index (χ1) is 15.5. The lowest BCUT2D eigenvalue weighted by Gasteiger charge is -2.08. The third-order valence-corrected chi connectivity index (χ3v) is 5.27. The van der Waals surface area contributed by atoms with Gasteiger partial charge in [0.25, 0.3) is 5.91 Å². The predicted molar refractivity (Wildman–Crippen MR) is 122 cm³/mol. The number of nitrogens with zero attached hydrogens (tertiary/aromatic N) is 3. The Balaban J connectivity index is 1.52. The predicted octanol–water partition coefficient (Wildman–Crippen LogP) is 4.21. The Morgan fingerprint density at radius 3 is 2.50 bits per heavy atom. The third kappa shape index (κ3) is 4.34. The highest BCUT2D eigenvalue weighted by Crippen LogP contribution is 2.25. The average Bonchev–Trinajstić information content (AvgIpc) is 3.41. The molecule has 0 aliphatic rings. The van der Waals surface area contributed by atoms with Crippen LogP contribution in [0.25, 0.3) is 11.3 Å². The fourth-order valence-corrected chi connectivity index (χ4v) is 3.52. The normalized spacial score (nSPS) is 10.8. The molecular formula is C24H25N5O3. The van der Waals surface area contributed by atoms with Crippen molar-refractivity contribution < 1.29 is 14.3 Å². The highest BCUT2D eigenvalue weighted by Gasteiger charge is 2.17. The highest BCUT2D eigenvalue weighted by molar-refractivity contribution is 6.04. The van der Waals surface area contributed by atoms with Crippen LogP contribution in [0.15, 0.2) is 54.6 Å². The van der Waals surface area contributed by atoms with Crippen molar-refractivity contribution in [2.45, 2.75) is 20.4 Å². The van der Waals surface area contributed by atoms with Gasteiger partial charge in [-0.25, -0.2) is 0 Å². The Morgan fingerprint density at radius 1 is 1.03 bits per heavy atom. The van der Waals surface area contributed by atoms with Gasteiger partial charge in [0.2, 0.25) is 0 Å². The number of ether oxygens (including phenoxy) is 2. The number of carbonyl (C=O) groups excluding carboxylic acids is 1. The van der Waals surface area contributed by atoms with Crippen molar-refractivity contribution in [3.8, 4) is 22.8 Å². The molecule has 2 N–H and O–H groups in total. The van der Waals surface area contributed by atoms with Crippen molar-refractivity contribution in [2.24, 2.45) is 0 Å². The molecule has 0 radical (unpaired) electrons. The smallest absolute Gasteiger partial charge is 0.273 e. The number of methoxy groups -OCH3 is 2. The zero-order chi connectivity index (χ0) is 22.7. The maximum atomic E-state index is 12.9. The number of hydrogen-bond donors (Lipinski definition) is 2. The van der Waals surface area contributed by atoms with E-state index in [1.54, 1.807) is 20.3 Å². The van der Waals surface area contributed by atoms with Crippen LogP contribution in [0.5, 0.6) is 11.5 Å². The Morgan fingerprint density at radius 2 is 1.75 bits per heavy atom. The number of anilines is 1. The van der Waals surface area contributed by atoms with E-state index in [4.69, 9.17) is 9.47 Å². The molecule has 0 aliphatic carbocycles. The molecule has 0 saturated carbocycles. The van der Waals surface area contributed by atoms with Crippen molar-refractivity contribution in [2.75, 3.05) is 19.5 Å². The van der Waals surface area contributed by atoms with Gasteiger partial charge in [-0.3, -0.25) is 14.6 Å². The van der Waals surface area contributed by atoms with E-state index >= 15 is 0 Å². The van der Waals surface area contributed by atoms with E-state index in [2.05, 4.69) is 20.6 Å². The number of carbonyl (C=O) groups is 1. The van der Waals surface area contributed by atoms with Crippen LogP contribution in [0.1, 0.15) is 27.4 Å². The van der Waals surface area contributed by atoms with E-state index in [0.717, 1.165) is 34.0 Å². The summed E-state index contributed by atoms with van der Waals surface area (Å²) >= 11 is 0. The Labute approximate surface area is 186 Å². The lowest BCUT2D eigenvalue weighted by atomic mass is 10.1. The largest absolute Gasteiger partial charge is 0.497 e. The molecule has 0 atom stereocenters. The maximum absolute atomic E-state index is 12.9. The molecule has 1 amide bonds. The molecule has 0 spiro atoms. The van der Waals surface area contributed by atoms with Crippen molar-refractivity contribution in [3.05, 3.63) is 77.2 Å². The number of rotatable bonds is 7.